The van der Waals surface area contributed by atoms with Gasteiger partial charge in [-0.1, -0.05) is 0 Å². The molecule has 15 heavy (non-hydrogen) atoms. The summed E-state index contributed by atoms with van der Waals surface area (Å²) in [5, 5.41) is 2.79. The summed E-state index contributed by atoms with van der Waals surface area (Å²) in [5.74, 6) is 0.0896. The number of carbonyl (C=O) groups is 1. The van der Waals surface area contributed by atoms with Crippen molar-refractivity contribution >= 4 is 17.3 Å². The predicted molar refractivity (Wildman–Crippen MR) is 56.2 cm³/mol. The van der Waals surface area contributed by atoms with E-state index in [1.807, 2.05) is 0 Å². The summed E-state index contributed by atoms with van der Waals surface area (Å²) in [6, 6.07) is 0. The molecule has 0 bridgehead atoms. The van der Waals surface area contributed by atoms with Crippen LogP contribution in [0.5, 0.6) is 0 Å². The molecule has 2 heterocycles. The van der Waals surface area contributed by atoms with Gasteiger partial charge < -0.3 is 9.47 Å². The van der Waals surface area contributed by atoms with Gasteiger partial charge in [-0.25, -0.2) is 9.78 Å². The van der Waals surface area contributed by atoms with Gasteiger partial charge in [-0.15, -0.1) is 11.3 Å². The number of methoxy groups -OCH3 is 1. The minimum atomic E-state index is -0.357. The fraction of sp³-hybridized carbons (Fsp3) is 0.600. The van der Waals surface area contributed by atoms with Crippen molar-refractivity contribution in [2.24, 2.45) is 0 Å². The Morgan fingerprint density at radius 1 is 1.60 bits per heavy atom. The van der Waals surface area contributed by atoms with Crippen LogP contribution in [0.2, 0.25) is 0 Å². The standard InChI is InChI=1S/C10H13NO3S/c1-13-10(12)8-6-15-9(11-8)7-2-4-14-5-3-7/h6-7H,2-5H2,1H3. The van der Waals surface area contributed by atoms with Gasteiger partial charge in [0, 0.05) is 24.5 Å². The summed E-state index contributed by atoms with van der Waals surface area (Å²) in [6.45, 7) is 1.58. The lowest BCUT2D eigenvalue weighted by Gasteiger charge is -2.19. The van der Waals surface area contributed by atoms with E-state index >= 15 is 0 Å². The summed E-state index contributed by atoms with van der Waals surface area (Å²) in [7, 11) is 1.37. The van der Waals surface area contributed by atoms with Crippen molar-refractivity contribution in [3.05, 3.63) is 16.1 Å². The van der Waals surface area contributed by atoms with Crippen LogP contribution in [0, 0.1) is 0 Å². The maximum absolute atomic E-state index is 11.2. The molecule has 0 saturated carbocycles. The van der Waals surface area contributed by atoms with Crippen molar-refractivity contribution in [1.29, 1.82) is 0 Å². The monoisotopic (exact) mass is 227 g/mol. The summed E-state index contributed by atoms with van der Waals surface area (Å²) in [4.78, 5) is 15.5. The van der Waals surface area contributed by atoms with Gasteiger partial charge in [0.25, 0.3) is 0 Å². The highest BCUT2D eigenvalue weighted by Gasteiger charge is 2.20. The second-order valence-corrected chi connectivity index (χ2v) is 4.34. The third-order valence-electron chi connectivity index (χ3n) is 2.49. The fourth-order valence-electron chi connectivity index (χ4n) is 1.62. The molecule has 0 atom stereocenters. The predicted octanol–water partition coefficient (Wildman–Crippen LogP) is 1.82. The lowest BCUT2D eigenvalue weighted by molar-refractivity contribution is 0.0594. The molecule has 4 nitrogen and oxygen atoms in total. The van der Waals surface area contributed by atoms with Gasteiger partial charge in [-0.05, 0) is 12.8 Å². The molecule has 1 aromatic rings. The van der Waals surface area contributed by atoms with E-state index in [4.69, 9.17) is 4.74 Å². The molecule has 0 N–H and O–H groups in total. The quantitative estimate of drug-likeness (QED) is 0.723. The van der Waals surface area contributed by atoms with Crippen molar-refractivity contribution in [3.8, 4) is 0 Å². The highest BCUT2D eigenvalue weighted by molar-refractivity contribution is 7.09. The molecule has 2 rings (SSSR count). The Hall–Kier alpha value is -0.940. The minimum Gasteiger partial charge on any atom is -0.464 e. The Balaban J connectivity index is 2.08. The van der Waals surface area contributed by atoms with E-state index < -0.39 is 0 Å². The van der Waals surface area contributed by atoms with Crippen LogP contribution in [0.15, 0.2) is 5.38 Å². The number of nitrogens with zero attached hydrogens (tertiary/aromatic N) is 1. The van der Waals surface area contributed by atoms with E-state index in [1.165, 1.54) is 18.4 Å². The molecule has 0 aromatic carbocycles. The number of ether oxygens (including phenoxy) is 2. The molecule has 5 heteroatoms. The average molecular weight is 227 g/mol. The van der Waals surface area contributed by atoms with Crippen LogP contribution in [-0.2, 0) is 9.47 Å². The van der Waals surface area contributed by atoms with Crippen LogP contribution >= 0.6 is 11.3 Å². The Morgan fingerprint density at radius 3 is 3.00 bits per heavy atom. The Kier molecular flexibility index (Phi) is 3.33. The minimum absolute atomic E-state index is 0.357. The average Bonchev–Trinajstić information content (AvgIpc) is 2.78. The molecule has 1 saturated heterocycles. The van der Waals surface area contributed by atoms with Crippen LogP contribution in [0.3, 0.4) is 0 Å². The van der Waals surface area contributed by atoms with E-state index in [9.17, 15) is 4.79 Å². The van der Waals surface area contributed by atoms with Crippen molar-refractivity contribution in [1.82, 2.24) is 4.98 Å². The number of aromatic nitrogens is 1. The van der Waals surface area contributed by atoms with E-state index in [0.717, 1.165) is 31.1 Å². The van der Waals surface area contributed by atoms with Crippen LogP contribution < -0.4 is 0 Å². The zero-order valence-corrected chi connectivity index (χ0v) is 9.38. The Morgan fingerprint density at radius 2 is 2.33 bits per heavy atom. The summed E-state index contributed by atoms with van der Waals surface area (Å²) in [6.07, 6.45) is 1.99. The molecule has 1 aliphatic heterocycles. The molecule has 1 fully saturated rings. The maximum atomic E-state index is 11.2. The zero-order chi connectivity index (χ0) is 10.7. The molecule has 1 aliphatic rings. The largest absolute Gasteiger partial charge is 0.464 e. The fourth-order valence-corrected chi connectivity index (χ4v) is 2.58. The van der Waals surface area contributed by atoms with Gasteiger partial charge in [0.2, 0.25) is 0 Å². The van der Waals surface area contributed by atoms with Crippen LogP contribution in [-0.4, -0.2) is 31.3 Å². The van der Waals surface area contributed by atoms with E-state index in [1.54, 1.807) is 5.38 Å². The van der Waals surface area contributed by atoms with Gasteiger partial charge in [-0.2, -0.15) is 0 Å². The van der Waals surface area contributed by atoms with Gasteiger partial charge in [0.1, 0.15) is 0 Å². The van der Waals surface area contributed by atoms with Crippen LogP contribution in [0.25, 0.3) is 0 Å². The Bertz CT molecular complexity index is 344. The molecule has 0 radical (unpaired) electrons. The normalized spacial score (nSPS) is 17.7. The molecule has 82 valence electrons. The number of rotatable bonds is 2. The van der Waals surface area contributed by atoms with Gasteiger partial charge in [0.05, 0.1) is 12.1 Å². The molecule has 1 aromatic heterocycles. The number of thiazole rings is 1. The topological polar surface area (TPSA) is 48.4 Å². The molecule has 0 amide bonds. The number of hydrogen-bond acceptors (Lipinski definition) is 5. The molecular weight excluding hydrogens is 214 g/mol. The van der Waals surface area contributed by atoms with Crippen molar-refractivity contribution in [2.75, 3.05) is 20.3 Å². The smallest absolute Gasteiger partial charge is 0.357 e. The SMILES string of the molecule is COC(=O)c1csc(C2CCOCC2)n1. The van der Waals surface area contributed by atoms with Gasteiger partial charge >= 0.3 is 5.97 Å². The first-order chi connectivity index (χ1) is 7.31. The first-order valence-corrected chi connectivity index (χ1v) is 5.80. The second kappa shape index (κ2) is 4.72. The molecule has 0 aliphatic carbocycles. The van der Waals surface area contributed by atoms with Crippen molar-refractivity contribution in [2.45, 2.75) is 18.8 Å². The maximum Gasteiger partial charge on any atom is 0.357 e. The van der Waals surface area contributed by atoms with Crippen molar-refractivity contribution in [3.63, 3.8) is 0 Å². The van der Waals surface area contributed by atoms with Crippen molar-refractivity contribution < 1.29 is 14.3 Å². The van der Waals surface area contributed by atoms with E-state index in [-0.39, 0.29) is 5.97 Å². The molecule has 0 spiro atoms. The first-order valence-electron chi connectivity index (χ1n) is 4.92. The zero-order valence-electron chi connectivity index (χ0n) is 8.56. The highest BCUT2D eigenvalue weighted by atomic mass is 32.1. The lowest BCUT2D eigenvalue weighted by Crippen LogP contribution is -2.14. The third kappa shape index (κ3) is 2.35. The van der Waals surface area contributed by atoms with E-state index in [2.05, 4.69) is 9.72 Å². The number of esters is 1. The lowest BCUT2D eigenvalue weighted by atomic mass is 10.0. The number of hydrogen-bond donors (Lipinski definition) is 0. The number of carbonyl (C=O) groups excluding carboxylic acids is 1. The van der Waals surface area contributed by atoms with E-state index in [0.29, 0.717) is 11.6 Å². The van der Waals surface area contributed by atoms with Crippen LogP contribution in [0.1, 0.15) is 34.3 Å². The summed E-state index contributed by atoms with van der Waals surface area (Å²) < 4.78 is 9.90. The Labute approximate surface area is 92.2 Å². The second-order valence-electron chi connectivity index (χ2n) is 3.45. The van der Waals surface area contributed by atoms with Gasteiger partial charge in [-0.3, -0.25) is 0 Å². The summed E-state index contributed by atoms with van der Waals surface area (Å²) >= 11 is 1.53. The summed E-state index contributed by atoms with van der Waals surface area (Å²) in [5.41, 5.74) is 0.420. The highest BCUT2D eigenvalue weighted by Crippen LogP contribution is 2.29. The van der Waals surface area contributed by atoms with Gasteiger partial charge in [0.15, 0.2) is 5.69 Å². The first kappa shape index (κ1) is 10.6. The third-order valence-corrected chi connectivity index (χ3v) is 3.49. The molecule has 0 unspecified atom stereocenters. The molecular formula is C10H13NO3S. The van der Waals surface area contributed by atoms with Crippen LogP contribution in [0.4, 0.5) is 0 Å².